The molecule has 0 radical (unpaired) electrons. The Bertz CT molecular complexity index is 2840. The smallest absolute Gasteiger partial charge is 0.416 e. The molecular formula is C44H33N3O8. The quantitative estimate of drug-likeness (QED) is 0.133. The second-order valence-corrected chi connectivity index (χ2v) is 13.3. The monoisotopic (exact) mass is 731 g/mol. The molecule has 0 fully saturated rings. The Morgan fingerprint density at radius 2 is 1.27 bits per heavy atom. The maximum absolute atomic E-state index is 14.7. The van der Waals surface area contributed by atoms with E-state index in [1.165, 1.54) is 12.0 Å². The van der Waals surface area contributed by atoms with Crippen molar-refractivity contribution < 1.29 is 38.4 Å². The molecule has 0 unspecified atom stereocenters. The Morgan fingerprint density at radius 1 is 0.673 bits per heavy atom. The highest BCUT2D eigenvalue weighted by Gasteiger charge is 2.42. The topological polar surface area (TPSA) is 132 Å². The molecule has 6 aromatic carbocycles. The number of hydrogen-bond acceptors (Lipinski definition) is 7. The van der Waals surface area contributed by atoms with E-state index in [9.17, 15) is 19.5 Å². The molecule has 0 atom stereocenters. The van der Waals surface area contributed by atoms with Gasteiger partial charge in [0.25, 0.3) is 11.8 Å². The zero-order valence-electron chi connectivity index (χ0n) is 29.8. The molecule has 1 aliphatic heterocycles. The predicted molar refractivity (Wildman–Crippen MR) is 208 cm³/mol. The molecule has 0 aliphatic carbocycles. The number of aromatic nitrogens is 2. The summed E-state index contributed by atoms with van der Waals surface area (Å²) in [5.41, 5.74) is 4.44. The highest BCUT2D eigenvalue weighted by Crippen LogP contribution is 2.46. The standard InChI is InChI=1S/C44H33N3O8/c1-52-28-14-13-27(35(21-28)53-2)22-46-42(48)38-36-31-17-15-29(54-23-25-9-5-3-6-10-25)19-33(31)45-40(36)41-37(39(38)43(46)49)32-18-16-30(20-34(32)47(41)44(50)51)55-24-26-11-7-4-8-12-26/h3-21,45H,22-24H2,1-2H3,(H,50,51). The number of rotatable bonds is 10. The molecule has 3 heterocycles. The molecule has 1 aliphatic rings. The molecule has 55 heavy (non-hydrogen) atoms. The number of carboxylic acid groups (broad SMARTS) is 1. The highest BCUT2D eigenvalue weighted by atomic mass is 16.5. The first-order valence-corrected chi connectivity index (χ1v) is 17.6. The van der Waals surface area contributed by atoms with Crippen LogP contribution in [0.2, 0.25) is 0 Å². The summed E-state index contributed by atoms with van der Waals surface area (Å²) in [5.74, 6) is 0.982. The minimum atomic E-state index is -1.26. The van der Waals surface area contributed by atoms with Gasteiger partial charge >= 0.3 is 6.09 Å². The normalized spacial score (nSPS) is 12.6. The number of carbonyl (C=O) groups excluding carboxylic acids is 2. The van der Waals surface area contributed by atoms with E-state index in [1.807, 2.05) is 72.8 Å². The van der Waals surface area contributed by atoms with Crippen LogP contribution in [0.5, 0.6) is 23.0 Å². The van der Waals surface area contributed by atoms with Gasteiger partial charge in [-0.05, 0) is 47.5 Å². The third-order valence-electron chi connectivity index (χ3n) is 10.1. The fourth-order valence-corrected chi connectivity index (χ4v) is 7.57. The van der Waals surface area contributed by atoms with Crippen LogP contribution >= 0.6 is 0 Å². The maximum atomic E-state index is 14.7. The van der Waals surface area contributed by atoms with Gasteiger partial charge < -0.3 is 29.0 Å². The number of H-pyrrole nitrogens is 1. The molecule has 0 bridgehead atoms. The molecule has 8 aromatic rings. The van der Waals surface area contributed by atoms with Gasteiger partial charge in [0.15, 0.2) is 0 Å². The number of methoxy groups -OCH3 is 2. The van der Waals surface area contributed by atoms with E-state index in [2.05, 4.69) is 4.98 Å². The summed E-state index contributed by atoms with van der Waals surface area (Å²) in [7, 11) is 3.05. The number of ether oxygens (including phenoxy) is 4. The van der Waals surface area contributed by atoms with Crippen LogP contribution in [0.4, 0.5) is 4.79 Å². The Kier molecular flexibility index (Phi) is 8.11. The number of imide groups is 1. The minimum Gasteiger partial charge on any atom is -0.497 e. The molecule has 0 saturated carbocycles. The fraction of sp³-hybridized carbons (Fsp3) is 0.114. The van der Waals surface area contributed by atoms with E-state index in [-0.39, 0.29) is 29.8 Å². The largest absolute Gasteiger partial charge is 0.497 e. The lowest BCUT2D eigenvalue weighted by Crippen LogP contribution is -2.29. The van der Waals surface area contributed by atoms with E-state index >= 15 is 0 Å². The maximum Gasteiger partial charge on any atom is 0.416 e. The highest BCUT2D eigenvalue weighted by molar-refractivity contribution is 6.40. The molecule has 272 valence electrons. The number of amides is 2. The number of nitrogens with zero attached hydrogens (tertiary/aromatic N) is 2. The first-order valence-electron chi connectivity index (χ1n) is 17.6. The SMILES string of the molecule is COc1ccc(CN2C(=O)c3c(c4c5ccc(OCc6ccccc6)cc5n(C(=O)O)c4c4[nH]c5cc(OCc6ccccc6)ccc5c34)C2=O)c(OC)c1. The number of aromatic amines is 1. The van der Waals surface area contributed by atoms with Crippen LogP contribution < -0.4 is 18.9 Å². The van der Waals surface area contributed by atoms with Crippen LogP contribution in [0, 0.1) is 0 Å². The van der Waals surface area contributed by atoms with Crippen LogP contribution in [-0.2, 0) is 19.8 Å². The first-order chi connectivity index (χ1) is 26.8. The molecule has 2 amide bonds. The number of carbonyl (C=O) groups is 3. The Hall–Kier alpha value is -7.27. The fourth-order valence-electron chi connectivity index (χ4n) is 7.57. The Balaban J connectivity index is 1.26. The summed E-state index contributed by atoms with van der Waals surface area (Å²) in [6, 6.07) is 35.2. The van der Waals surface area contributed by atoms with Crippen molar-refractivity contribution in [2.75, 3.05) is 14.2 Å². The summed E-state index contributed by atoms with van der Waals surface area (Å²) in [6.07, 6.45) is -1.26. The minimum absolute atomic E-state index is 0.0859. The Morgan fingerprint density at radius 3 is 1.89 bits per heavy atom. The molecule has 0 spiro atoms. The van der Waals surface area contributed by atoms with Crippen molar-refractivity contribution in [2.45, 2.75) is 19.8 Å². The van der Waals surface area contributed by atoms with Crippen molar-refractivity contribution in [3.05, 3.63) is 143 Å². The summed E-state index contributed by atoms with van der Waals surface area (Å²) in [6.45, 7) is 0.523. The number of nitrogens with one attached hydrogen (secondary N) is 1. The van der Waals surface area contributed by atoms with Crippen molar-refractivity contribution in [3.63, 3.8) is 0 Å². The lowest BCUT2D eigenvalue weighted by atomic mass is 9.96. The third-order valence-corrected chi connectivity index (χ3v) is 10.1. The van der Waals surface area contributed by atoms with Crippen LogP contribution in [0.1, 0.15) is 37.4 Å². The second kappa shape index (κ2) is 13.3. The number of hydrogen-bond donors (Lipinski definition) is 2. The number of fused-ring (bicyclic) bond motifs is 10. The first kappa shape index (κ1) is 33.6. The van der Waals surface area contributed by atoms with Gasteiger partial charge in [0.05, 0.1) is 54.0 Å². The molecule has 0 saturated heterocycles. The van der Waals surface area contributed by atoms with E-state index < -0.39 is 17.9 Å². The lowest BCUT2D eigenvalue weighted by Gasteiger charge is -2.17. The molecule has 11 heteroatoms. The van der Waals surface area contributed by atoms with Crippen molar-refractivity contribution >= 4 is 61.5 Å². The summed E-state index contributed by atoms with van der Waals surface area (Å²) in [4.78, 5) is 47.3. The summed E-state index contributed by atoms with van der Waals surface area (Å²) in [5, 5.41) is 12.8. The third kappa shape index (κ3) is 5.56. The van der Waals surface area contributed by atoms with Crippen LogP contribution in [-0.4, -0.2) is 51.7 Å². The molecule has 11 nitrogen and oxygen atoms in total. The van der Waals surface area contributed by atoms with Gasteiger partial charge in [-0.3, -0.25) is 14.5 Å². The van der Waals surface area contributed by atoms with Crippen LogP contribution in [0.15, 0.2) is 115 Å². The number of benzene rings is 6. The zero-order valence-corrected chi connectivity index (χ0v) is 29.8. The van der Waals surface area contributed by atoms with Crippen LogP contribution in [0.3, 0.4) is 0 Å². The summed E-state index contributed by atoms with van der Waals surface area (Å²) < 4.78 is 24.4. The average molecular weight is 732 g/mol. The van der Waals surface area contributed by atoms with Crippen molar-refractivity contribution in [3.8, 4) is 23.0 Å². The lowest BCUT2D eigenvalue weighted by molar-refractivity contribution is 0.0642. The van der Waals surface area contributed by atoms with E-state index in [0.717, 1.165) is 15.7 Å². The average Bonchev–Trinajstić information content (AvgIpc) is 3.84. The molecule has 2 aromatic heterocycles. The predicted octanol–water partition coefficient (Wildman–Crippen LogP) is 8.93. The second-order valence-electron chi connectivity index (χ2n) is 13.3. The molecule has 2 N–H and O–H groups in total. The van der Waals surface area contributed by atoms with Crippen molar-refractivity contribution in [2.24, 2.45) is 0 Å². The van der Waals surface area contributed by atoms with Gasteiger partial charge in [-0.1, -0.05) is 60.7 Å². The zero-order chi connectivity index (χ0) is 37.8. The van der Waals surface area contributed by atoms with Gasteiger partial charge in [0.1, 0.15) is 36.2 Å². The van der Waals surface area contributed by atoms with E-state index in [4.69, 9.17) is 18.9 Å². The molecular weight excluding hydrogens is 698 g/mol. The van der Waals surface area contributed by atoms with Gasteiger partial charge in [-0.15, -0.1) is 0 Å². The Labute approximate surface area is 313 Å². The van der Waals surface area contributed by atoms with Crippen LogP contribution in [0.25, 0.3) is 43.6 Å². The van der Waals surface area contributed by atoms with Gasteiger partial charge in [0.2, 0.25) is 0 Å². The van der Waals surface area contributed by atoms with E-state index in [0.29, 0.717) is 73.3 Å². The van der Waals surface area contributed by atoms with E-state index in [1.54, 1.807) is 49.6 Å². The van der Waals surface area contributed by atoms with Gasteiger partial charge in [-0.25, -0.2) is 9.36 Å². The van der Waals surface area contributed by atoms with Crippen molar-refractivity contribution in [1.82, 2.24) is 14.5 Å². The molecule has 9 rings (SSSR count). The van der Waals surface area contributed by atoms with Crippen molar-refractivity contribution in [1.29, 1.82) is 0 Å². The van der Waals surface area contributed by atoms with Gasteiger partial charge in [0, 0.05) is 45.3 Å². The van der Waals surface area contributed by atoms with Gasteiger partial charge in [-0.2, -0.15) is 0 Å². The summed E-state index contributed by atoms with van der Waals surface area (Å²) >= 11 is 0.